The maximum absolute atomic E-state index is 11.5. The van der Waals surface area contributed by atoms with E-state index in [4.69, 9.17) is 4.74 Å². The van der Waals surface area contributed by atoms with E-state index >= 15 is 0 Å². The van der Waals surface area contributed by atoms with Crippen molar-refractivity contribution in [2.45, 2.75) is 40.0 Å². The first kappa shape index (κ1) is 19.7. The molecule has 6 heteroatoms. The summed E-state index contributed by atoms with van der Waals surface area (Å²) in [5, 5.41) is 2.25. The van der Waals surface area contributed by atoms with E-state index in [2.05, 4.69) is 19.2 Å². The van der Waals surface area contributed by atoms with Crippen molar-refractivity contribution < 1.29 is 19.1 Å². The summed E-state index contributed by atoms with van der Waals surface area (Å²) in [5.74, 6) is 0.334. The molecule has 0 atom stereocenters. The van der Waals surface area contributed by atoms with Crippen LogP contribution in [0, 0.1) is 5.92 Å². The molecule has 0 fully saturated rings. The van der Waals surface area contributed by atoms with Crippen molar-refractivity contribution in [3.63, 3.8) is 0 Å². The van der Waals surface area contributed by atoms with Crippen LogP contribution in [0.5, 0.6) is 0 Å². The van der Waals surface area contributed by atoms with Crippen LogP contribution in [0.2, 0.25) is 0 Å². The highest BCUT2D eigenvalue weighted by molar-refractivity contribution is 5.93. The Labute approximate surface area is 143 Å². The molecule has 6 nitrogen and oxygen atoms in total. The largest absolute Gasteiger partial charge is 0.431 e. The van der Waals surface area contributed by atoms with Gasteiger partial charge in [-0.3, -0.25) is 19.7 Å². The quantitative estimate of drug-likeness (QED) is 0.689. The van der Waals surface area contributed by atoms with Crippen LogP contribution in [0.25, 0.3) is 0 Å². The fraction of sp³-hybridized carbons (Fsp3) is 0.500. The minimum atomic E-state index is -0.350. The number of likely N-dealkylation sites (N-methyl/N-ethyl adjacent to an activating group) is 1. The van der Waals surface area contributed by atoms with E-state index < -0.39 is 0 Å². The molecule has 2 amide bonds. The van der Waals surface area contributed by atoms with Gasteiger partial charge in [-0.05, 0) is 18.4 Å². The second-order valence-corrected chi connectivity index (χ2v) is 6.08. The van der Waals surface area contributed by atoms with Gasteiger partial charge < -0.3 is 9.64 Å². The number of imide groups is 1. The van der Waals surface area contributed by atoms with Gasteiger partial charge in [0.2, 0.25) is 11.8 Å². The molecule has 1 aliphatic rings. The standard InChI is InChI=1S/C18H26N2O4/c1-13(2)15-7-5-8-16(17(11-15)24-12-21)20(4)10-6-9-18(23)19-14(3)22/h5,7-8,12-13H,6,9-11H2,1-4H3,(H,19,22,23). The van der Waals surface area contributed by atoms with Crippen LogP contribution in [-0.4, -0.2) is 36.8 Å². The van der Waals surface area contributed by atoms with Crippen LogP contribution in [0.3, 0.4) is 0 Å². The van der Waals surface area contributed by atoms with Crippen LogP contribution in [0.15, 0.2) is 35.3 Å². The van der Waals surface area contributed by atoms with Crippen molar-refractivity contribution in [2.24, 2.45) is 5.92 Å². The summed E-state index contributed by atoms with van der Waals surface area (Å²) in [6.07, 6.45) is 7.33. The average molecular weight is 334 g/mol. The van der Waals surface area contributed by atoms with Crippen LogP contribution < -0.4 is 5.32 Å². The molecule has 0 bridgehead atoms. The lowest BCUT2D eigenvalue weighted by Crippen LogP contribution is -2.29. The Morgan fingerprint density at radius 1 is 1.42 bits per heavy atom. The highest BCUT2D eigenvalue weighted by Gasteiger charge is 2.17. The van der Waals surface area contributed by atoms with Crippen LogP contribution in [0.1, 0.15) is 40.0 Å². The molecule has 1 rings (SSSR count). The monoisotopic (exact) mass is 334 g/mol. The molecule has 0 saturated heterocycles. The first-order valence-corrected chi connectivity index (χ1v) is 8.07. The summed E-state index contributed by atoms with van der Waals surface area (Å²) < 4.78 is 5.20. The molecule has 0 aliphatic heterocycles. The lowest BCUT2D eigenvalue weighted by molar-refractivity contribution is -0.129. The summed E-state index contributed by atoms with van der Waals surface area (Å²) in [6, 6.07) is 0. The van der Waals surface area contributed by atoms with E-state index in [1.54, 1.807) is 0 Å². The number of nitrogens with one attached hydrogen (secondary N) is 1. The molecule has 0 heterocycles. The summed E-state index contributed by atoms with van der Waals surface area (Å²) >= 11 is 0. The lowest BCUT2D eigenvalue weighted by atomic mass is 9.99. The number of ether oxygens (including phenoxy) is 1. The predicted octanol–water partition coefficient (Wildman–Crippen LogP) is 2.29. The molecular weight excluding hydrogens is 308 g/mol. The Morgan fingerprint density at radius 2 is 2.12 bits per heavy atom. The van der Waals surface area contributed by atoms with E-state index in [1.165, 1.54) is 12.5 Å². The molecule has 0 aromatic carbocycles. The van der Waals surface area contributed by atoms with Crippen molar-refractivity contribution >= 4 is 18.3 Å². The van der Waals surface area contributed by atoms with Crippen molar-refractivity contribution in [3.8, 4) is 0 Å². The molecule has 132 valence electrons. The van der Waals surface area contributed by atoms with E-state index in [9.17, 15) is 14.4 Å². The average Bonchev–Trinajstić information content (AvgIpc) is 2.69. The van der Waals surface area contributed by atoms with E-state index in [0.717, 1.165) is 5.70 Å². The number of hydrogen-bond donors (Lipinski definition) is 1. The number of nitrogens with zero attached hydrogens (tertiary/aromatic N) is 1. The maximum atomic E-state index is 11.5. The van der Waals surface area contributed by atoms with Gasteiger partial charge in [0.25, 0.3) is 6.47 Å². The smallest absolute Gasteiger partial charge is 0.298 e. The topological polar surface area (TPSA) is 75.7 Å². The molecule has 0 unspecified atom stereocenters. The fourth-order valence-corrected chi connectivity index (χ4v) is 2.44. The van der Waals surface area contributed by atoms with E-state index in [-0.39, 0.29) is 18.2 Å². The number of amides is 2. The predicted molar refractivity (Wildman–Crippen MR) is 91.5 cm³/mol. The minimum Gasteiger partial charge on any atom is -0.431 e. The Balaban J connectivity index is 2.73. The van der Waals surface area contributed by atoms with Crippen molar-refractivity contribution in [1.82, 2.24) is 10.2 Å². The molecule has 0 aromatic rings. The lowest BCUT2D eigenvalue weighted by Gasteiger charge is -2.23. The number of rotatable bonds is 8. The van der Waals surface area contributed by atoms with Crippen LogP contribution in [-0.2, 0) is 19.1 Å². The summed E-state index contributed by atoms with van der Waals surface area (Å²) in [6.45, 7) is 6.56. The Hall–Kier alpha value is -2.37. The molecule has 0 aromatic heterocycles. The highest BCUT2D eigenvalue weighted by atomic mass is 16.5. The number of carbonyl (C=O) groups excluding carboxylic acids is 3. The van der Waals surface area contributed by atoms with E-state index in [1.807, 2.05) is 30.2 Å². The fourth-order valence-electron chi connectivity index (χ4n) is 2.44. The summed E-state index contributed by atoms with van der Waals surface area (Å²) in [5.41, 5.74) is 2.01. The first-order chi connectivity index (χ1) is 11.3. The number of allylic oxidation sites excluding steroid dienone is 4. The SMILES string of the molecule is CC(=O)NC(=O)CCCN(C)C1=C(OC=O)CC(C(C)C)=CC=C1. The van der Waals surface area contributed by atoms with Crippen molar-refractivity contribution in [2.75, 3.05) is 13.6 Å². The summed E-state index contributed by atoms with van der Waals surface area (Å²) in [7, 11) is 1.89. The first-order valence-electron chi connectivity index (χ1n) is 8.07. The van der Waals surface area contributed by atoms with Crippen LogP contribution in [0.4, 0.5) is 0 Å². The van der Waals surface area contributed by atoms with E-state index in [0.29, 0.717) is 37.5 Å². The molecule has 0 radical (unpaired) electrons. The molecule has 0 saturated carbocycles. The molecular formula is C18H26N2O4. The Morgan fingerprint density at radius 3 is 2.71 bits per heavy atom. The van der Waals surface area contributed by atoms with Gasteiger partial charge in [-0.1, -0.05) is 31.6 Å². The third-order valence-corrected chi connectivity index (χ3v) is 3.77. The van der Waals surface area contributed by atoms with Crippen molar-refractivity contribution in [3.05, 3.63) is 35.3 Å². The Bertz CT molecular complexity index is 574. The van der Waals surface area contributed by atoms with Gasteiger partial charge in [-0.2, -0.15) is 0 Å². The zero-order valence-electron chi connectivity index (χ0n) is 14.8. The highest BCUT2D eigenvalue weighted by Crippen LogP contribution is 2.26. The molecule has 24 heavy (non-hydrogen) atoms. The van der Waals surface area contributed by atoms with Gasteiger partial charge in [0.1, 0.15) is 5.76 Å². The normalized spacial score (nSPS) is 14.1. The molecule has 1 N–H and O–H groups in total. The second kappa shape index (κ2) is 9.70. The van der Waals surface area contributed by atoms with Gasteiger partial charge in [0, 0.05) is 33.4 Å². The zero-order chi connectivity index (χ0) is 18.1. The van der Waals surface area contributed by atoms with Gasteiger partial charge in [0.05, 0.1) is 5.70 Å². The molecule has 0 spiro atoms. The third-order valence-electron chi connectivity index (χ3n) is 3.77. The number of carbonyl (C=O) groups is 3. The van der Waals surface area contributed by atoms with Gasteiger partial charge in [-0.15, -0.1) is 0 Å². The zero-order valence-corrected chi connectivity index (χ0v) is 14.8. The van der Waals surface area contributed by atoms with Crippen molar-refractivity contribution in [1.29, 1.82) is 0 Å². The van der Waals surface area contributed by atoms with Crippen LogP contribution >= 0.6 is 0 Å². The number of hydrogen-bond acceptors (Lipinski definition) is 5. The summed E-state index contributed by atoms with van der Waals surface area (Å²) in [4.78, 5) is 35.1. The second-order valence-electron chi connectivity index (χ2n) is 6.08. The Kier molecular flexibility index (Phi) is 7.95. The third kappa shape index (κ3) is 6.40. The van der Waals surface area contributed by atoms with Gasteiger partial charge >= 0.3 is 0 Å². The minimum absolute atomic E-state index is 0.264. The van der Waals surface area contributed by atoms with Gasteiger partial charge in [0.15, 0.2) is 0 Å². The van der Waals surface area contributed by atoms with Gasteiger partial charge in [-0.25, -0.2) is 0 Å². The molecule has 1 aliphatic carbocycles. The maximum Gasteiger partial charge on any atom is 0.298 e.